The third kappa shape index (κ3) is 4.73. The number of phenols is 2. The van der Waals surface area contributed by atoms with Crippen molar-refractivity contribution in [3.05, 3.63) is 71.8 Å². The van der Waals surface area contributed by atoms with Gasteiger partial charge in [-0.15, -0.1) is 13.2 Å². The van der Waals surface area contributed by atoms with Gasteiger partial charge in [0.1, 0.15) is 5.75 Å². The van der Waals surface area contributed by atoms with E-state index >= 15 is 0 Å². The molecule has 1 amide bonds. The second-order valence-corrected chi connectivity index (χ2v) is 7.85. The van der Waals surface area contributed by atoms with Crippen molar-refractivity contribution < 1.29 is 38.0 Å². The summed E-state index contributed by atoms with van der Waals surface area (Å²) >= 11 is 0. The van der Waals surface area contributed by atoms with Crippen molar-refractivity contribution in [2.45, 2.75) is 31.2 Å². The molecule has 0 bridgehead atoms. The first-order chi connectivity index (χ1) is 15.6. The highest BCUT2D eigenvalue weighted by atomic mass is 19.4. The van der Waals surface area contributed by atoms with Crippen LogP contribution in [0.2, 0.25) is 0 Å². The molecular formula is C24H20F3NO5. The Morgan fingerprint density at radius 3 is 2.24 bits per heavy atom. The summed E-state index contributed by atoms with van der Waals surface area (Å²) in [4.78, 5) is 13.0. The maximum atomic E-state index is 13.0. The van der Waals surface area contributed by atoms with Crippen LogP contribution < -0.4 is 10.1 Å². The average molecular weight is 459 g/mol. The fourth-order valence-corrected chi connectivity index (χ4v) is 3.68. The number of benzene rings is 3. The molecule has 1 aliphatic carbocycles. The maximum absolute atomic E-state index is 13.0. The van der Waals surface area contributed by atoms with E-state index in [1.807, 2.05) is 0 Å². The van der Waals surface area contributed by atoms with E-state index in [1.54, 1.807) is 30.3 Å². The Morgan fingerprint density at radius 2 is 1.67 bits per heavy atom. The molecule has 0 spiro atoms. The Balaban J connectivity index is 1.65. The minimum absolute atomic E-state index is 0.113. The summed E-state index contributed by atoms with van der Waals surface area (Å²) in [7, 11) is 0. The van der Waals surface area contributed by atoms with E-state index in [1.165, 1.54) is 24.3 Å². The molecule has 0 heterocycles. The largest absolute Gasteiger partial charge is 0.573 e. The molecule has 9 heteroatoms. The molecule has 3 aromatic carbocycles. The minimum Gasteiger partial charge on any atom is -0.504 e. The first-order valence-electron chi connectivity index (χ1n) is 10.1. The monoisotopic (exact) mass is 459 g/mol. The number of hydrogen-bond acceptors (Lipinski definition) is 5. The molecule has 0 aromatic heterocycles. The number of carbonyl (C=O) groups is 1. The Morgan fingerprint density at radius 1 is 0.970 bits per heavy atom. The van der Waals surface area contributed by atoms with Crippen molar-refractivity contribution in [3.8, 4) is 28.4 Å². The van der Waals surface area contributed by atoms with E-state index in [-0.39, 0.29) is 35.3 Å². The van der Waals surface area contributed by atoms with Crippen LogP contribution in [0.25, 0.3) is 11.1 Å². The van der Waals surface area contributed by atoms with Crippen LogP contribution in [0, 0.1) is 0 Å². The zero-order valence-electron chi connectivity index (χ0n) is 17.2. The van der Waals surface area contributed by atoms with Gasteiger partial charge in [0.25, 0.3) is 0 Å². The SMILES string of the molecule is O=C(Nc1ccc(OC(F)(F)F)c(-c2ccc(CO)cc2)c1)C1(c2ccc(O)c(O)c2)CC1. The van der Waals surface area contributed by atoms with Gasteiger partial charge >= 0.3 is 6.36 Å². The standard InChI is InChI=1S/C24H20F3NO5/c25-24(26,27)33-21-8-6-17(12-18(21)15-3-1-14(13-29)2-4-15)28-22(32)23(9-10-23)16-5-7-19(30)20(31)11-16/h1-8,11-12,29-31H,9-10,13H2,(H,28,32). The molecular weight excluding hydrogens is 439 g/mol. The van der Waals surface area contributed by atoms with E-state index in [0.29, 0.717) is 29.5 Å². The molecule has 4 N–H and O–H groups in total. The summed E-state index contributed by atoms with van der Waals surface area (Å²) in [5.74, 6) is -1.44. The lowest BCUT2D eigenvalue weighted by Crippen LogP contribution is -2.27. The lowest BCUT2D eigenvalue weighted by Gasteiger charge is -2.18. The molecule has 4 rings (SSSR count). The second-order valence-electron chi connectivity index (χ2n) is 7.85. The van der Waals surface area contributed by atoms with Crippen LogP contribution in [0.1, 0.15) is 24.0 Å². The van der Waals surface area contributed by atoms with Crippen molar-refractivity contribution in [2.24, 2.45) is 0 Å². The highest BCUT2D eigenvalue weighted by Crippen LogP contribution is 2.50. The van der Waals surface area contributed by atoms with Gasteiger partial charge in [-0.1, -0.05) is 30.3 Å². The number of alkyl halides is 3. The number of rotatable bonds is 6. The Kier molecular flexibility index (Phi) is 5.67. The molecule has 0 radical (unpaired) electrons. The van der Waals surface area contributed by atoms with Crippen LogP contribution in [0.15, 0.2) is 60.7 Å². The van der Waals surface area contributed by atoms with Gasteiger partial charge in [0.2, 0.25) is 5.91 Å². The van der Waals surface area contributed by atoms with E-state index in [4.69, 9.17) is 0 Å². The van der Waals surface area contributed by atoms with Gasteiger partial charge in [-0.2, -0.15) is 0 Å². The van der Waals surface area contributed by atoms with E-state index in [9.17, 15) is 33.3 Å². The summed E-state index contributed by atoms with van der Waals surface area (Å²) in [6.45, 7) is -0.211. The van der Waals surface area contributed by atoms with Gasteiger partial charge < -0.3 is 25.4 Å². The fourth-order valence-electron chi connectivity index (χ4n) is 3.68. The van der Waals surface area contributed by atoms with Crippen LogP contribution in [0.4, 0.5) is 18.9 Å². The molecule has 172 valence electrons. The van der Waals surface area contributed by atoms with Crippen LogP contribution in [-0.4, -0.2) is 27.6 Å². The van der Waals surface area contributed by atoms with Crippen molar-refractivity contribution in [1.29, 1.82) is 0 Å². The minimum atomic E-state index is -4.90. The topological polar surface area (TPSA) is 99.0 Å². The maximum Gasteiger partial charge on any atom is 0.573 e. The molecule has 0 aliphatic heterocycles. The molecule has 0 atom stereocenters. The normalized spacial score (nSPS) is 14.5. The number of hydrogen-bond donors (Lipinski definition) is 4. The molecule has 6 nitrogen and oxygen atoms in total. The second kappa shape index (κ2) is 8.32. The van der Waals surface area contributed by atoms with Gasteiger partial charge in [0.05, 0.1) is 12.0 Å². The lowest BCUT2D eigenvalue weighted by atomic mass is 9.94. The third-order valence-corrected chi connectivity index (χ3v) is 5.62. The zero-order chi connectivity index (χ0) is 23.8. The summed E-state index contributed by atoms with van der Waals surface area (Å²) in [6.07, 6.45) is -3.86. The highest BCUT2D eigenvalue weighted by Gasteiger charge is 2.51. The molecule has 1 saturated carbocycles. The summed E-state index contributed by atoms with van der Waals surface area (Å²) < 4.78 is 42.9. The van der Waals surface area contributed by atoms with Gasteiger partial charge in [-0.3, -0.25) is 4.79 Å². The van der Waals surface area contributed by atoms with Crippen molar-refractivity contribution in [2.75, 3.05) is 5.32 Å². The third-order valence-electron chi connectivity index (χ3n) is 5.62. The highest BCUT2D eigenvalue weighted by molar-refractivity contribution is 6.02. The van der Waals surface area contributed by atoms with E-state index in [0.717, 1.165) is 6.07 Å². The fraction of sp³-hybridized carbons (Fsp3) is 0.208. The van der Waals surface area contributed by atoms with Crippen LogP contribution in [0.3, 0.4) is 0 Å². The number of ether oxygens (including phenoxy) is 1. The first kappa shape index (κ1) is 22.5. The Bertz CT molecular complexity index is 1190. The molecule has 3 aromatic rings. The Labute approximate surface area is 186 Å². The molecule has 0 unspecified atom stereocenters. The Hall–Kier alpha value is -3.72. The van der Waals surface area contributed by atoms with Crippen molar-refractivity contribution in [1.82, 2.24) is 0 Å². The zero-order valence-corrected chi connectivity index (χ0v) is 17.2. The van der Waals surface area contributed by atoms with Crippen LogP contribution in [0.5, 0.6) is 17.2 Å². The number of halogens is 3. The first-order valence-corrected chi connectivity index (χ1v) is 10.1. The average Bonchev–Trinajstić information content (AvgIpc) is 3.58. The smallest absolute Gasteiger partial charge is 0.504 e. The molecule has 0 saturated heterocycles. The van der Waals surface area contributed by atoms with E-state index in [2.05, 4.69) is 10.1 Å². The van der Waals surface area contributed by atoms with E-state index < -0.39 is 17.5 Å². The lowest BCUT2D eigenvalue weighted by molar-refractivity contribution is -0.274. The number of nitrogens with one attached hydrogen (secondary N) is 1. The molecule has 1 fully saturated rings. The summed E-state index contributed by atoms with van der Waals surface area (Å²) in [5, 5.41) is 31.3. The van der Waals surface area contributed by atoms with Crippen LogP contribution >= 0.6 is 0 Å². The van der Waals surface area contributed by atoms with Gasteiger partial charge in [0.15, 0.2) is 11.5 Å². The van der Waals surface area contributed by atoms with Crippen LogP contribution in [-0.2, 0) is 16.8 Å². The van der Waals surface area contributed by atoms with Crippen molar-refractivity contribution >= 4 is 11.6 Å². The number of aromatic hydroxyl groups is 2. The summed E-state index contributed by atoms with van der Waals surface area (Å²) in [6, 6.07) is 14.3. The predicted octanol–water partition coefficient (Wildman–Crippen LogP) is 4.83. The number of aliphatic hydroxyl groups is 1. The molecule has 33 heavy (non-hydrogen) atoms. The number of aliphatic hydroxyl groups excluding tert-OH is 1. The predicted molar refractivity (Wildman–Crippen MR) is 114 cm³/mol. The van der Waals surface area contributed by atoms with Gasteiger partial charge in [-0.25, -0.2) is 0 Å². The number of anilines is 1. The quantitative estimate of drug-likeness (QED) is 0.396. The molecule has 1 aliphatic rings. The number of phenolic OH excluding ortho intramolecular Hbond substituents is 2. The number of amides is 1. The summed E-state index contributed by atoms with van der Waals surface area (Å²) in [5.41, 5.74) is 1.02. The van der Waals surface area contributed by atoms with Gasteiger partial charge in [0, 0.05) is 11.3 Å². The van der Waals surface area contributed by atoms with Gasteiger partial charge in [-0.05, 0) is 59.9 Å². The van der Waals surface area contributed by atoms with Crippen molar-refractivity contribution in [3.63, 3.8) is 0 Å². The number of carbonyl (C=O) groups excluding carboxylic acids is 1.